The molecule has 0 fully saturated rings. The molecule has 70 valence electrons. The summed E-state index contributed by atoms with van der Waals surface area (Å²) in [5, 5.41) is 4.39. The summed E-state index contributed by atoms with van der Waals surface area (Å²) in [6, 6.07) is 10.4. The Labute approximate surface area is 83.3 Å². The van der Waals surface area contributed by atoms with Crippen molar-refractivity contribution < 1.29 is 0 Å². The van der Waals surface area contributed by atoms with Crippen LogP contribution in [0, 0.1) is 12.3 Å². The van der Waals surface area contributed by atoms with Crippen LogP contribution >= 0.6 is 0 Å². The summed E-state index contributed by atoms with van der Waals surface area (Å²) in [5.74, 6) is 2.55. The van der Waals surface area contributed by atoms with Gasteiger partial charge in [-0.05, 0) is 17.5 Å². The summed E-state index contributed by atoms with van der Waals surface area (Å²) < 4.78 is 0. The van der Waals surface area contributed by atoms with Crippen LogP contribution in [0.25, 0.3) is 10.9 Å². The van der Waals surface area contributed by atoms with E-state index in [4.69, 9.17) is 6.42 Å². The van der Waals surface area contributed by atoms with Gasteiger partial charge >= 0.3 is 0 Å². The smallest absolute Gasteiger partial charge is 0.0576 e. The minimum absolute atomic E-state index is 0.607. The van der Waals surface area contributed by atoms with Gasteiger partial charge in [0, 0.05) is 17.8 Å². The number of fused-ring (bicyclic) bond motifs is 1. The maximum absolute atomic E-state index is 5.15. The highest BCUT2D eigenvalue weighted by atomic mass is 14.9. The summed E-state index contributed by atoms with van der Waals surface area (Å²) in [4.78, 5) is 3.32. The van der Waals surface area contributed by atoms with Gasteiger partial charge in [0.05, 0.1) is 6.54 Å². The van der Waals surface area contributed by atoms with Crippen LogP contribution in [0.3, 0.4) is 0 Å². The number of para-hydroxylation sites is 1. The molecule has 0 aliphatic heterocycles. The van der Waals surface area contributed by atoms with Crippen LogP contribution in [0.15, 0.2) is 30.3 Å². The van der Waals surface area contributed by atoms with Gasteiger partial charge in [0.1, 0.15) is 0 Å². The highest BCUT2D eigenvalue weighted by molar-refractivity contribution is 5.80. The molecule has 2 aromatic rings. The molecule has 2 heteroatoms. The topological polar surface area (TPSA) is 27.8 Å². The third kappa shape index (κ3) is 1.78. The first-order valence-electron chi connectivity index (χ1n) is 4.61. The molecule has 0 aliphatic rings. The van der Waals surface area contributed by atoms with E-state index in [1.165, 1.54) is 16.6 Å². The van der Waals surface area contributed by atoms with Crippen molar-refractivity contribution in [2.75, 3.05) is 6.54 Å². The Morgan fingerprint density at radius 3 is 3.00 bits per heavy atom. The third-order valence-electron chi connectivity index (χ3n) is 2.13. The first-order valence-corrected chi connectivity index (χ1v) is 4.61. The average molecular weight is 184 g/mol. The van der Waals surface area contributed by atoms with E-state index in [1.54, 1.807) is 0 Å². The number of terminal acetylenes is 1. The lowest BCUT2D eigenvalue weighted by atomic mass is 10.2. The molecule has 0 aliphatic carbocycles. The molecule has 0 atom stereocenters. The minimum Gasteiger partial charge on any atom is -0.357 e. The predicted octanol–water partition coefficient (Wildman–Crippen LogP) is 1.89. The summed E-state index contributed by atoms with van der Waals surface area (Å²) in [7, 11) is 0. The van der Waals surface area contributed by atoms with E-state index < -0.39 is 0 Å². The molecule has 0 saturated carbocycles. The van der Waals surface area contributed by atoms with Crippen LogP contribution < -0.4 is 5.32 Å². The van der Waals surface area contributed by atoms with Crippen molar-refractivity contribution in [1.82, 2.24) is 10.3 Å². The van der Waals surface area contributed by atoms with Crippen LogP contribution in [0.4, 0.5) is 0 Å². The lowest BCUT2D eigenvalue weighted by Gasteiger charge is -1.95. The fraction of sp³-hybridized carbons (Fsp3) is 0.167. The molecule has 2 rings (SSSR count). The molecule has 1 aromatic heterocycles. The van der Waals surface area contributed by atoms with E-state index in [0.29, 0.717) is 6.54 Å². The van der Waals surface area contributed by atoms with Gasteiger partial charge in [-0.2, -0.15) is 0 Å². The Hall–Kier alpha value is -1.72. The van der Waals surface area contributed by atoms with E-state index in [1.807, 2.05) is 12.1 Å². The standard InChI is InChI=1S/C12H12N2/c1-2-7-13-9-11-8-10-5-3-4-6-12(10)14-11/h1,3-6,8,13-14H,7,9H2. The van der Waals surface area contributed by atoms with Crippen molar-refractivity contribution in [3.8, 4) is 12.3 Å². The van der Waals surface area contributed by atoms with Gasteiger partial charge in [-0.3, -0.25) is 0 Å². The number of H-pyrrole nitrogens is 1. The molecule has 0 amide bonds. The van der Waals surface area contributed by atoms with Gasteiger partial charge in [0.15, 0.2) is 0 Å². The zero-order valence-corrected chi connectivity index (χ0v) is 7.88. The predicted molar refractivity (Wildman–Crippen MR) is 58.8 cm³/mol. The second-order valence-electron chi connectivity index (χ2n) is 3.19. The zero-order chi connectivity index (χ0) is 9.80. The summed E-state index contributed by atoms with van der Waals surface area (Å²) in [6.07, 6.45) is 5.15. The van der Waals surface area contributed by atoms with Crippen molar-refractivity contribution >= 4 is 10.9 Å². The number of aromatic amines is 1. The molecule has 0 radical (unpaired) electrons. The van der Waals surface area contributed by atoms with Crippen LogP contribution in [-0.4, -0.2) is 11.5 Å². The zero-order valence-electron chi connectivity index (χ0n) is 7.88. The van der Waals surface area contributed by atoms with Crippen molar-refractivity contribution in [2.45, 2.75) is 6.54 Å². The van der Waals surface area contributed by atoms with Crippen LogP contribution in [0.5, 0.6) is 0 Å². The third-order valence-corrected chi connectivity index (χ3v) is 2.13. The second-order valence-corrected chi connectivity index (χ2v) is 3.19. The summed E-state index contributed by atoms with van der Waals surface area (Å²) in [5.41, 5.74) is 2.34. The molecule has 0 saturated heterocycles. The van der Waals surface area contributed by atoms with Crippen molar-refractivity contribution in [3.63, 3.8) is 0 Å². The van der Waals surface area contributed by atoms with Gasteiger partial charge in [-0.1, -0.05) is 24.1 Å². The number of benzene rings is 1. The lowest BCUT2D eigenvalue weighted by molar-refractivity contribution is 0.756. The normalized spacial score (nSPS) is 10.2. The first kappa shape index (κ1) is 8.86. The van der Waals surface area contributed by atoms with Crippen molar-refractivity contribution in [3.05, 3.63) is 36.0 Å². The quantitative estimate of drug-likeness (QED) is 0.553. The Balaban J connectivity index is 2.15. The van der Waals surface area contributed by atoms with Crippen molar-refractivity contribution in [1.29, 1.82) is 0 Å². The molecule has 1 aromatic carbocycles. The van der Waals surface area contributed by atoms with E-state index in [2.05, 4.69) is 34.4 Å². The Morgan fingerprint density at radius 1 is 1.36 bits per heavy atom. The van der Waals surface area contributed by atoms with E-state index >= 15 is 0 Å². The highest BCUT2D eigenvalue weighted by Crippen LogP contribution is 2.13. The molecule has 1 heterocycles. The summed E-state index contributed by atoms with van der Waals surface area (Å²) >= 11 is 0. The average Bonchev–Trinajstić information content (AvgIpc) is 2.60. The maximum atomic E-state index is 5.15. The molecule has 2 N–H and O–H groups in total. The number of rotatable bonds is 3. The molecule has 0 bridgehead atoms. The van der Waals surface area contributed by atoms with Gasteiger partial charge in [-0.25, -0.2) is 0 Å². The van der Waals surface area contributed by atoms with Gasteiger partial charge < -0.3 is 10.3 Å². The number of hydrogen-bond acceptors (Lipinski definition) is 1. The molecular weight excluding hydrogens is 172 g/mol. The number of nitrogens with one attached hydrogen (secondary N) is 2. The fourth-order valence-electron chi connectivity index (χ4n) is 1.50. The number of hydrogen-bond donors (Lipinski definition) is 2. The SMILES string of the molecule is C#CCNCc1cc2ccccc2[nH]1. The molecular formula is C12H12N2. The molecule has 0 spiro atoms. The fourth-order valence-corrected chi connectivity index (χ4v) is 1.50. The molecule has 14 heavy (non-hydrogen) atoms. The Kier molecular flexibility index (Phi) is 2.53. The van der Waals surface area contributed by atoms with E-state index in [9.17, 15) is 0 Å². The van der Waals surface area contributed by atoms with E-state index in [0.717, 1.165) is 6.54 Å². The van der Waals surface area contributed by atoms with Crippen LogP contribution in [0.1, 0.15) is 5.69 Å². The Bertz CT molecular complexity index is 429. The largest absolute Gasteiger partial charge is 0.357 e. The molecule has 2 nitrogen and oxygen atoms in total. The second kappa shape index (κ2) is 3.99. The Morgan fingerprint density at radius 2 is 2.21 bits per heavy atom. The van der Waals surface area contributed by atoms with Gasteiger partial charge in [-0.15, -0.1) is 6.42 Å². The number of aromatic nitrogens is 1. The monoisotopic (exact) mass is 184 g/mol. The highest BCUT2D eigenvalue weighted by Gasteiger charge is 1.97. The van der Waals surface area contributed by atoms with Crippen LogP contribution in [-0.2, 0) is 6.54 Å². The van der Waals surface area contributed by atoms with E-state index in [-0.39, 0.29) is 0 Å². The maximum Gasteiger partial charge on any atom is 0.0576 e. The van der Waals surface area contributed by atoms with Crippen molar-refractivity contribution in [2.24, 2.45) is 0 Å². The first-order chi connectivity index (χ1) is 6.90. The lowest BCUT2D eigenvalue weighted by Crippen LogP contribution is -2.12. The van der Waals surface area contributed by atoms with Gasteiger partial charge in [0.2, 0.25) is 0 Å². The summed E-state index contributed by atoms with van der Waals surface area (Å²) in [6.45, 7) is 1.40. The minimum atomic E-state index is 0.607. The van der Waals surface area contributed by atoms with Gasteiger partial charge in [0.25, 0.3) is 0 Å². The van der Waals surface area contributed by atoms with Crippen LogP contribution in [0.2, 0.25) is 0 Å². The molecule has 0 unspecified atom stereocenters.